The van der Waals surface area contributed by atoms with Crippen molar-refractivity contribution >= 4 is 11.8 Å². The molecular weight excluding hydrogens is 211 g/mol. The van der Waals surface area contributed by atoms with Crippen molar-refractivity contribution in [2.24, 2.45) is 0 Å². The lowest BCUT2D eigenvalue weighted by molar-refractivity contribution is -0.138. The molecule has 1 rings (SSSR count). The third-order valence-corrected chi connectivity index (χ3v) is 2.19. The van der Waals surface area contributed by atoms with Crippen LogP contribution >= 0.6 is 0 Å². The van der Waals surface area contributed by atoms with Gasteiger partial charge in [-0.3, -0.25) is 0 Å². The molecule has 4 nitrogen and oxygen atoms in total. The Morgan fingerprint density at radius 1 is 1.62 bits per heavy atom. The predicted molar refractivity (Wildman–Crippen MR) is 58.8 cm³/mol. The maximum atomic E-state index is 12.6. The summed E-state index contributed by atoms with van der Waals surface area (Å²) in [6, 6.07) is 2.00. The largest absolute Gasteiger partial charge is 0.480 e. The number of aliphatic carboxylic acids is 1. The molecule has 88 valence electrons. The van der Waals surface area contributed by atoms with Crippen LogP contribution in [0.2, 0.25) is 0 Å². The summed E-state index contributed by atoms with van der Waals surface area (Å²) >= 11 is 0. The summed E-state index contributed by atoms with van der Waals surface area (Å²) < 4.78 is 12.6. The van der Waals surface area contributed by atoms with E-state index in [0.717, 1.165) is 19.0 Å². The van der Waals surface area contributed by atoms with E-state index in [1.807, 2.05) is 6.92 Å². The molecule has 2 N–H and O–H groups in total. The van der Waals surface area contributed by atoms with Gasteiger partial charge in [-0.2, -0.15) is 0 Å². The van der Waals surface area contributed by atoms with Gasteiger partial charge >= 0.3 is 5.97 Å². The summed E-state index contributed by atoms with van der Waals surface area (Å²) in [7, 11) is 0. The minimum atomic E-state index is -0.917. The molecule has 16 heavy (non-hydrogen) atoms. The third-order valence-electron chi connectivity index (χ3n) is 2.19. The highest BCUT2D eigenvalue weighted by atomic mass is 19.1. The van der Waals surface area contributed by atoms with Crippen molar-refractivity contribution in [3.05, 3.63) is 24.1 Å². The zero-order chi connectivity index (χ0) is 12.0. The van der Waals surface area contributed by atoms with E-state index in [-0.39, 0.29) is 0 Å². The van der Waals surface area contributed by atoms with Crippen molar-refractivity contribution in [3.8, 4) is 0 Å². The molecule has 0 fully saturated rings. The fraction of sp³-hybridized carbons (Fsp3) is 0.455. The summed E-state index contributed by atoms with van der Waals surface area (Å²) in [5.41, 5.74) is 0. The Labute approximate surface area is 93.5 Å². The molecule has 0 aliphatic carbocycles. The highest BCUT2D eigenvalue weighted by Crippen LogP contribution is 2.09. The number of hydrogen-bond acceptors (Lipinski definition) is 3. The molecule has 0 saturated heterocycles. The Morgan fingerprint density at radius 2 is 2.38 bits per heavy atom. The molecule has 1 unspecified atom stereocenters. The normalized spacial score (nSPS) is 12.1. The van der Waals surface area contributed by atoms with Gasteiger partial charge in [-0.05, 0) is 18.6 Å². The zero-order valence-corrected chi connectivity index (χ0v) is 9.11. The monoisotopic (exact) mass is 226 g/mol. The van der Waals surface area contributed by atoms with Gasteiger partial charge in [-0.15, -0.1) is 0 Å². The maximum Gasteiger partial charge on any atom is 0.326 e. The first-order chi connectivity index (χ1) is 7.63. The second-order valence-corrected chi connectivity index (χ2v) is 3.54. The number of nitrogens with one attached hydrogen (secondary N) is 1. The summed E-state index contributed by atoms with van der Waals surface area (Å²) in [6.07, 6.45) is 3.35. The van der Waals surface area contributed by atoms with Crippen LogP contribution in [-0.2, 0) is 4.79 Å². The summed E-state index contributed by atoms with van der Waals surface area (Å²) in [5.74, 6) is -0.976. The fourth-order valence-corrected chi connectivity index (χ4v) is 1.31. The fourth-order valence-electron chi connectivity index (χ4n) is 1.31. The van der Waals surface area contributed by atoms with E-state index >= 15 is 0 Å². The van der Waals surface area contributed by atoms with Crippen LogP contribution in [-0.4, -0.2) is 22.1 Å². The molecule has 0 radical (unpaired) electrons. The predicted octanol–water partition coefficient (Wildman–Crippen LogP) is 2.28. The number of pyridine rings is 1. The van der Waals surface area contributed by atoms with Crippen LogP contribution in [0.5, 0.6) is 0 Å². The van der Waals surface area contributed by atoms with E-state index < -0.39 is 17.8 Å². The van der Waals surface area contributed by atoms with Gasteiger partial charge in [-0.25, -0.2) is 14.2 Å². The van der Waals surface area contributed by atoms with E-state index in [9.17, 15) is 9.18 Å². The summed E-state index contributed by atoms with van der Waals surface area (Å²) in [4.78, 5) is 14.7. The number of aromatic nitrogens is 1. The number of carboxylic acid groups (broad SMARTS) is 1. The van der Waals surface area contributed by atoms with Crippen molar-refractivity contribution in [3.63, 3.8) is 0 Å². The molecule has 0 aromatic carbocycles. The van der Waals surface area contributed by atoms with Crippen molar-refractivity contribution < 1.29 is 14.3 Å². The molecular formula is C11H15FN2O2. The molecule has 0 spiro atoms. The van der Waals surface area contributed by atoms with Crippen molar-refractivity contribution in [1.82, 2.24) is 4.98 Å². The summed E-state index contributed by atoms with van der Waals surface area (Å²) in [6.45, 7) is 2.00. The number of halogens is 1. The average molecular weight is 226 g/mol. The van der Waals surface area contributed by atoms with E-state index in [2.05, 4.69) is 10.3 Å². The molecule has 1 aromatic rings. The van der Waals surface area contributed by atoms with Gasteiger partial charge in [0.15, 0.2) is 0 Å². The lowest BCUT2D eigenvalue weighted by atomic mass is 10.1. The first-order valence-electron chi connectivity index (χ1n) is 5.24. The molecule has 0 bridgehead atoms. The smallest absolute Gasteiger partial charge is 0.326 e. The Morgan fingerprint density at radius 3 is 2.88 bits per heavy atom. The van der Waals surface area contributed by atoms with Crippen LogP contribution in [0.4, 0.5) is 10.2 Å². The number of carbonyl (C=O) groups is 1. The standard InChI is InChI=1S/C11H15FN2O2/c1-2-3-4-9(11(15)16)14-10-6-5-8(12)7-13-10/h5-7,9H,2-4H2,1H3,(H,13,14)(H,15,16). The number of unbranched alkanes of at least 4 members (excludes halogenated alkanes) is 1. The highest BCUT2D eigenvalue weighted by Gasteiger charge is 2.16. The number of anilines is 1. The molecule has 1 atom stereocenters. The van der Waals surface area contributed by atoms with Gasteiger partial charge in [0.25, 0.3) is 0 Å². The van der Waals surface area contributed by atoms with Gasteiger partial charge < -0.3 is 10.4 Å². The molecule has 1 heterocycles. The number of carboxylic acids is 1. The molecule has 0 saturated carbocycles. The van der Waals surface area contributed by atoms with Crippen LogP contribution in [0, 0.1) is 5.82 Å². The van der Waals surface area contributed by atoms with Crippen molar-refractivity contribution in [2.75, 3.05) is 5.32 Å². The topological polar surface area (TPSA) is 62.2 Å². The van der Waals surface area contributed by atoms with Gasteiger partial charge in [-0.1, -0.05) is 19.8 Å². The third kappa shape index (κ3) is 3.84. The van der Waals surface area contributed by atoms with E-state index in [1.165, 1.54) is 12.1 Å². The molecule has 5 heteroatoms. The number of nitrogens with zero attached hydrogens (tertiary/aromatic N) is 1. The Balaban J connectivity index is 2.60. The summed E-state index contributed by atoms with van der Waals surface area (Å²) in [5, 5.41) is 11.7. The van der Waals surface area contributed by atoms with Gasteiger partial charge in [0.05, 0.1) is 6.20 Å². The molecule has 0 aliphatic heterocycles. The minimum absolute atomic E-state index is 0.380. The van der Waals surface area contributed by atoms with Gasteiger partial charge in [0.2, 0.25) is 0 Å². The first kappa shape index (κ1) is 12.4. The number of rotatable bonds is 6. The highest BCUT2D eigenvalue weighted by molar-refractivity contribution is 5.76. The molecule has 1 aromatic heterocycles. The molecule has 0 aliphatic rings. The maximum absolute atomic E-state index is 12.6. The van der Waals surface area contributed by atoms with Crippen molar-refractivity contribution in [2.45, 2.75) is 32.2 Å². The SMILES string of the molecule is CCCCC(Nc1ccc(F)cn1)C(=O)O. The van der Waals surface area contributed by atoms with E-state index in [4.69, 9.17) is 5.11 Å². The average Bonchev–Trinajstić information content (AvgIpc) is 2.26. The Hall–Kier alpha value is -1.65. The van der Waals surface area contributed by atoms with E-state index in [1.54, 1.807) is 0 Å². The molecule has 0 amide bonds. The van der Waals surface area contributed by atoms with Gasteiger partial charge in [0, 0.05) is 0 Å². The van der Waals surface area contributed by atoms with Crippen LogP contribution in [0.1, 0.15) is 26.2 Å². The minimum Gasteiger partial charge on any atom is -0.480 e. The lowest BCUT2D eigenvalue weighted by Gasteiger charge is -2.14. The quantitative estimate of drug-likeness (QED) is 0.781. The number of hydrogen-bond donors (Lipinski definition) is 2. The zero-order valence-electron chi connectivity index (χ0n) is 9.11. The lowest BCUT2D eigenvalue weighted by Crippen LogP contribution is -2.29. The Kier molecular flexibility index (Phi) is 4.69. The Bertz CT molecular complexity index is 340. The van der Waals surface area contributed by atoms with E-state index in [0.29, 0.717) is 12.2 Å². The van der Waals surface area contributed by atoms with Crippen LogP contribution in [0.25, 0.3) is 0 Å². The van der Waals surface area contributed by atoms with Crippen LogP contribution in [0.15, 0.2) is 18.3 Å². The first-order valence-corrected chi connectivity index (χ1v) is 5.24. The van der Waals surface area contributed by atoms with Gasteiger partial charge in [0.1, 0.15) is 17.7 Å². The second-order valence-electron chi connectivity index (χ2n) is 3.54. The second kappa shape index (κ2) is 6.05. The van der Waals surface area contributed by atoms with Crippen LogP contribution in [0.3, 0.4) is 0 Å². The van der Waals surface area contributed by atoms with Crippen LogP contribution < -0.4 is 5.32 Å². The van der Waals surface area contributed by atoms with Crippen molar-refractivity contribution in [1.29, 1.82) is 0 Å².